The van der Waals surface area contributed by atoms with Crippen LogP contribution in [-0.2, 0) is 6.54 Å². The van der Waals surface area contributed by atoms with Crippen molar-refractivity contribution in [2.75, 3.05) is 0 Å². The average Bonchev–Trinajstić information content (AvgIpc) is 3.40. The molecule has 3 N–H and O–H groups in total. The lowest BCUT2D eigenvalue weighted by molar-refractivity contribution is 0.0952. The van der Waals surface area contributed by atoms with Crippen LogP contribution in [0.25, 0.3) is 32.9 Å². The second kappa shape index (κ2) is 8.82. The third-order valence-corrected chi connectivity index (χ3v) is 6.94. The van der Waals surface area contributed by atoms with Crippen molar-refractivity contribution >= 4 is 27.7 Å². The quantitative estimate of drug-likeness (QED) is 0.304. The van der Waals surface area contributed by atoms with Crippen molar-refractivity contribution < 1.29 is 4.79 Å². The standard InChI is InChI=1S/C29H31N5O2/c1-15(2)34-14-18(5)27-23(28(35)30-13-24-16(3)7-19(6)32-29(24)36)9-20(10-26(27)34)22-11-25-21(8-17(22)4)12-31-33-25/h7-12,14-15H,13H2,1-6H3,(H,30,35)(H,31,33)(H,32,36). The van der Waals surface area contributed by atoms with Crippen LogP contribution in [0.15, 0.2) is 47.5 Å². The number of rotatable bonds is 5. The second-order valence-corrected chi connectivity index (χ2v) is 9.98. The van der Waals surface area contributed by atoms with Crippen molar-refractivity contribution in [1.29, 1.82) is 0 Å². The van der Waals surface area contributed by atoms with Crippen LogP contribution in [-0.4, -0.2) is 25.7 Å². The third kappa shape index (κ3) is 4.00. The number of H-pyrrole nitrogens is 2. The van der Waals surface area contributed by atoms with E-state index in [1.54, 1.807) is 0 Å². The zero-order valence-electron chi connectivity index (χ0n) is 21.5. The monoisotopic (exact) mass is 481 g/mol. The van der Waals surface area contributed by atoms with Gasteiger partial charge in [0.05, 0.1) is 11.7 Å². The lowest BCUT2D eigenvalue weighted by Crippen LogP contribution is -2.28. The summed E-state index contributed by atoms with van der Waals surface area (Å²) >= 11 is 0. The maximum Gasteiger partial charge on any atom is 0.253 e. The van der Waals surface area contributed by atoms with Crippen molar-refractivity contribution in [1.82, 2.24) is 25.1 Å². The number of nitrogens with one attached hydrogen (secondary N) is 3. The van der Waals surface area contributed by atoms with Crippen molar-refractivity contribution in [2.45, 2.75) is 54.1 Å². The summed E-state index contributed by atoms with van der Waals surface area (Å²) in [5, 5.41) is 12.2. The minimum absolute atomic E-state index is 0.162. The summed E-state index contributed by atoms with van der Waals surface area (Å²) in [7, 11) is 0. The van der Waals surface area contributed by atoms with E-state index >= 15 is 0 Å². The number of benzene rings is 2. The number of aromatic nitrogens is 4. The molecular weight excluding hydrogens is 450 g/mol. The Morgan fingerprint density at radius 3 is 2.53 bits per heavy atom. The van der Waals surface area contributed by atoms with Gasteiger partial charge in [-0.15, -0.1) is 0 Å². The van der Waals surface area contributed by atoms with Gasteiger partial charge in [0, 0.05) is 51.9 Å². The van der Waals surface area contributed by atoms with E-state index in [2.05, 4.69) is 70.2 Å². The molecule has 5 aromatic rings. The number of aromatic amines is 2. The number of carbonyl (C=O) groups excluding carboxylic acids is 1. The number of hydrogen-bond acceptors (Lipinski definition) is 3. The van der Waals surface area contributed by atoms with E-state index in [0.29, 0.717) is 11.1 Å². The molecular formula is C29H31N5O2. The van der Waals surface area contributed by atoms with Gasteiger partial charge in [-0.1, -0.05) is 0 Å². The Bertz CT molecular complexity index is 1700. The fourth-order valence-corrected chi connectivity index (χ4v) is 5.13. The predicted octanol–water partition coefficient (Wildman–Crippen LogP) is 5.62. The summed E-state index contributed by atoms with van der Waals surface area (Å²) in [6, 6.07) is 10.5. The molecule has 0 aliphatic heterocycles. The molecule has 0 atom stereocenters. The molecule has 7 heteroatoms. The summed E-state index contributed by atoms with van der Waals surface area (Å²) in [5.41, 5.74) is 8.79. The van der Waals surface area contributed by atoms with Gasteiger partial charge in [0.15, 0.2) is 0 Å². The highest BCUT2D eigenvalue weighted by molar-refractivity contribution is 6.09. The zero-order chi connectivity index (χ0) is 25.7. The fourth-order valence-electron chi connectivity index (χ4n) is 5.13. The molecule has 184 valence electrons. The maximum absolute atomic E-state index is 13.6. The molecule has 0 fully saturated rings. The van der Waals surface area contributed by atoms with Gasteiger partial charge in [0.2, 0.25) is 0 Å². The van der Waals surface area contributed by atoms with Crippen LogP contribution in [0.5, 0.6) is 0 Å². The lowest BCUT2D eigenvalue weighted by Gasteiger charge is -2.15. The van der Waals surface area contributed by atoms with Crippen LogP contribution < -0.4 is 10.9 Å². The first-order valence-corrected chi connectivity index (χ1v) is 12.2. The summed E-state index contributed by atoms with van der Waals surface area (Å²) in [6.07, 6.45) is 3.92. The van der Waals surface area contributed by atoms with Gasteiger partial charge in [0.1, 0.15) is 0 Å². The molecule has 5 rings (SSSR count). The van der Waals surface area contributed by atoms with Crippen LogP contribution in [0.4, 0.5) is 0 Å². The summed E-state index contributed by atoms with van der Waals surface area (Å²) in [4.78, 5) is 29.0. The molecule has 1 amide bonds. The molecule has 0 spiro atoms. The first-order chi connectivity index (χ1) is 17.1. The Labute approximate surface area is 209 Å². The molecule has 3 heterocycles. The van der Waals surface area contributed by atoms with Crippen molar-refractivity contribution in [3.05, 3.63) is 86.6 Å². The second-order valence-electron chi connectivity index (χ2n) is 9.98. The Hall–Kier alpha value is -4.13. The Morgan fingerprint density at radius 2 is 1.81 bits per heavy atom. The zero-order valence-corrected chi connectivity index (χ0v) is 21.5. The van der Waals surface area contributed by atoms with E-state index < -0.39 is 0 Å². The van der Waals surface area contributed by atoms with Gasteiger partial charge in [-0.25, -0.2) is 0 Å². The van der Waals surface area contributed by atoms with Gasteiger partial charge >= 0.3 is 0 Å². The molecule has 0 saturated carbocycles. The van der Waals surface area contributed by atoms with Crippen molar-refractivity contribution in [3.8, 4) is 11.1 Å². The Kier molecular flexibility index (Phi) is 5.79. The van der Waals surface area contributed by atoms with Gasteiger partial charge in [-0.3, -0.25) is 14.7 Å². The molecule has 2 aromatic carbocycles. The fraction of sp³-hybridized carbons (Fsp3) is 0.276. The molecule has 0 bridgehead atoms. The summed E-state index contributed by atoms with van der Waals surface area (Å²) < 4.78 is 2.21. The van der Waals surface area contributed by atoms with E-state index in [-0.39, 0.29) is 24.1 Å². The highest BCUT2D eigenvalue weighted by Crippen LogP contribution is 2.35. The minimum atomic E-state index is -0.203. The smallest absolute Gasteiger partial charge is 0.253 e. The SMILES string of the molecule is Cc1cc(C)c(CNC(=O)c2cc(-c3cc4[nH]ncc4cc3C)cc3c2c(C)cn3C(C)C)c(=O)[nH]1. The summed E-state index contributed by atoms with van der Waals surface area (Å²) in [5.74, 6) is -0.203. The number of pyridine rings is 1. The molecule has 0 aliphatic rings. The number of hydrogen-bond donors (Lipinski definition) is 3. The van der Waals surface area contributed by atoms with Crippen molar-refractivity contribution in [2.24, 2.45) is 0 Å². The largest absolute Gasteiger partial charge is 0.348 e. The number of nitrogens with zero attached hydrogens (tertiary/aromatic N) is 2. The topological polar surface area (TPSA) is 95.6 Å². The third-order valence-electron chi connectivity index (χ3n) is 6.94. The molecule has 0 radical (unpaired) electrons. The number of fused-ring (bicyclic) bond motifs is 2. The Balaban J connectivity index is 1.64. The maximum atomic E-state index is 13.6. The van der Waals surface area contributed by atoms with Gasteiger partial charge in [-0.05, 0) is 99.7 Å². The predicted molar refractivity (Wildman–Crippen MR) is 145 cm³/mol. The number of aryl methyl sites for hydroxylation is 4. The molecule has 36 heavy (non-hydrogen) atoms. The first kappa shape index (κ1) is 23.6. The molecule has 7 nitrogen and oxygen atoms in total. The minimum Gasteiger partial charge on any atom is -0.348 e. The first-order valence-electron chi connectivity index (χ1n) is 12.2. The van der Waals surface area contributed by atoms with E-state index in [0.717, 1.165) is 55.3 Å². The van der Waals surface area contributed by atoms with Crippen LogP contribution in [0.3, 0.4) is 0 Å². The molecule has 3 aromatic heterocycles. The molecule has 0 unspecified atom stereocenters. The van der Waals surface area contributed by atoms with Gasteiger partial charge in [-0.2, -0.15) is 5.10 Å². The number of amides is 1. The van der Waals surface area contributed by atoms with E-state index in [9.17, 15) is 9.59 Å². The van der Waals surface area contributed by atoms with Crippen LogP contribution >= 0.6 is 0 Å². The summed E-state index contributed by atoms with van der Waals surface area (Å²) in [6.45, 7) is 12.3. The highest BCUT2D eigenvalue weighted by atomic mass is 16.1. The molecule has 0 saturated heterocycles. The van der Waals surface area contributed by atoms with Crippen LogP contribution in [0.2, 0.25) is 0 Å². The normalized spacial score (nSPS) is 11.6. The van der Waals surface area contributed by atoms with Crippen LogP contribution in [0.1, 0.15) is 58.2 Å². The van der Waals surface area contributed by atoms with Crippen molar-refractivity contribution in [3.63, 3.8) is 0 Å². The lowest BCUT2D eigenvalue weighted by atomic mass is 9.94. The van der Waals surface area contributed by atoms with E-state index in [1.165, 1.54) is 0 Å². The highest BCUT2D eigenvalue weighted by Gasteiger charge is 2.20. The average molecular weight is 482 g/mol. The van der Waals surface area contributed by atoms with Gasteiger partial charge < -0.3 is 14.9 Å². The van der Waals surface area contributed by atoms with Crippen LogP contribution in [0, 0.1) is 27.7 Å². The van der Waals surface area contributed by atoms with E-state index in [1.807, 2.05) is 39.1 Å². The van der Waals surface area contributed by atoms with E-state index in [4.69, 9.17) is 0 Å². The number of carbonyl (C=O) groups is 1. The molecule has 0 aliphatic carbocycles. The van der Waals surface area contributed by atoms with Gasteiger partial charge in [0.25, 0.3) is 11.5 Å². The Morgan fingerprint density at radius 1 is 1.03 bits per heavy atom.